The summed E-state index contributed by atoms with van der Waals surface area (Å²) in [5.41, 5.74) is 1.51. The van der Waals surface area contributed by atoms with Crippen molar-refractivity contribution in [1.29, 1.82) is 0 Å². The number of nitrogens with one attached hydrogen (secondary N) is 2. The fourth-order valence-electron chi connectivity index (χ4n) is 3.35. The lowest BCUT2D eigenvalue weighted by Gasteiger charge is -2.29. The van der Waals surface area contributed by atoms with Crippen LogP contribution in [0.25, 0.3) is 0 Å². The third-order valence-corrected chi connectivity index (χ3v) is 4.96. The normalized spacial score (nSPS) is 12.4. The van der Waals surface area contributed by atoms with Crippen molar-refractivity contribution in [3.05, 3.63) is 84.4 Å². The number of fused-ring (bicyclic) bond motifs is 1. The van der Waals surface area contributed by atoms with Gasteiger partial charge in [-0.05, 0) is 42.5 Å². The van der Waals surface area contributed by atoms with E-state index in [1.165, 1.54) is 0 Å². The van der Waals surface area contributed by atoms with Gasteiger partial charge in [-0.3, -0.25) is 14.4 Å². The molecule has 1 aliphatic heterocycles. The average molecular weight is 445 g/mol. The van der Waals surface area contributed by atoms with Crippen LogP contribution in [0.5, 0.6) is 11.5 Å². The molecule has 0 unspecified atom stereocenters. The van der Waals surface area contributed by atoms with Crippen LogP contribution in [0.15, 0.2) is 78.9 Å². The predicted molar refractivity (Wildman–Crippen MR) is 124 cm³/mol. The zero-order valence-corrected chi connectivity index (χ0v) is 17.8. The molecule has 0 aromatic heterocycles. The van der Waals surface area contributed by atoms with E-state index in [1.807, 2.05) is 36.4 Å². The van der Waals surface area contributed by atoms with Gasteiger partial charge in [0.05, 0.1) is 18.8 Å². The first kappa shape index (κ1) is 21.9. The average Bonchev–Trinajstić information content (AvgIpc) is 2.85. The lowest BCUT2D eigenvalue weighted by molar-refractivity contribution is -0.121. The minimum absolute atomic E-state index is 0.0600. The van der Waals surface area contributed by atoms with Gasteiger partial charge in [0, 0.05) is 11.3 Å². The maximum atomic E-state index is 12.5. The summed E-state index contributed by atoms with van der Waals surface area (Å²) in [6, 6.07) is 23.1. The van der Waals surface area contributed by atoms with Crippen LogP contribution in [0.4, 0.5) is 11.4 Å². The number of carbonyl (C=O) groups excluding carboxylic acids is 3. The van der Waals surface area contributed by atoms with E-state index >= 15 is 0 Å². The predicted octanol–water partition coefficient (Wildman–Crippen LogP) is 2.86. The van der Waals surface area contributed by atoms with Crippen molar-refractivity contribution in [2.45, 2.75) is 0 Å². The van der Waals surface area contributed by atoms with Crippen molar-refractivity contribution >= 4 is 29.1 Å². The van der Waals surface area contributed by atoms with Crippen LogP contribution in [0.2, 0.25) is 0 Å². The molecular weight excluding hydrogens is 422 g/mol. The third kappa shape index (κ3) is 5.68. The quantitative estimate of drug-likeness (QED) is 0.556. The molecule has 3 aromatic rings. The van der Waals surface area contributed by atoms with Crippen molar-refractivity contribution in [3.8, 4) is 11.5 Å². The molecule has 8 nitrogen and oxygen atoms in total. The van der Waals surface area contributed by atoms with Crippen molar-refractivity contribution < 1.29 is 23.9 Å². The maximum absolute atomic E-state index is 12.5. The first-order valence-corrected chi connectivity index (χ1v) is 10.5. The summed E-state index contributed by atoms with van der Waals surface area (Å²) in [5, 5.41) is 5.32. The zero-order valence-electron chi connectivity index (χ0n) is 17.8. The number of anilines is 2. The summed E-state index contributed by atoms with van der Waals surface area (Å²) < 4.78 is 11.2. The third-order valence-electron chi connectivity index (χ3n) is 4.96. The van der Waals surface area contributed by atoms with Gasteiger partial charge in [0.15, 0.2) is 6.61 Å². The van der Waals surface area contributed by atoms with Gasteiger partial charge in [0.2, 0.25) is 5.91 Å². The Hall–Kier alpha value is -4.33. The van der Waals surface area contributed by atoms with Crippen molar-refractivity contribution in [1.82, 2.24) is 5.32 Å². The zero-order chi connectivity index (χ0) is 23.0. The highest BCUT2D eigenvalue weighted by atomic mass is 16.5. The number of hydrogen-bond acceptors (Lipinski definition) is 5. The summed E-state index contributed by atoms with van der Waals surface area (Å²) in [4.78, 5) is 38.5. The molecule has 8 heteroatoms. The molecular formula is C25H23N3O5. The Labute approximate surface area is 191 Å². The van der Waals surface area contributed by atoms with E-state index in [-0.39, 0.29) is 30.9 Å². The molecule has 4 rings (SSSR count). The van der Waals surface area contributed by atoms with Crippen molar-refractivity contribution in [2.24, 2.45) is 0 Å². The van der Waals surface area contributed by atoms with Crippen LogP contribution in [-0.4, -0.2) is 44.0 Å². The molecule has 0 saturated carbocycles. The van der Waals surface area contributed by atoms with Gasteiger partial charge in [0.25, 0.3) is 11.8 Å². The van der Waals surface area contributed by atoms with Crippen LogP contribution in [0.1, 0.15) is 10.4 Å². The van der Waals surface area contributed by atoms with E-state index in [4.69, 9.17) is 9.47 Å². The smallest absolute Gasteiger partial charge is 0.265 e. The molecule has 0 spiro atoms. The first-order chi connectivity index (χ1) is 16.1. The van der Waals surface area contributed by atoms with Gasteiger partial charge < -0.3 is 25.0 Å². The monoisotopic (exact) mass is 445 g/mol. The highest BCUT2D eigenvalue weighted by molar-refractivity contribution is 6.01. The standard InChI is InChI=1S/C25H23N3O5/c29-23(16-26-25(31)18-7-3-1-4-8-18)27-19-11-12-22-21(15-19)28(24(30)17-33-22)13-14-32-20-9-5-2-6-10-20/h1-12,15H,13-14,16-17H2,(H,26,31)(H,27,29). The van der Waals surface area contributed by atoms with Gasteiger partial charge in [-0.25, -0.2) is 0 Å². The Balaban J connectivity index is 1.37. The van der Waals surface area contributed by atoms with Gasteiger partial charge in [-0.2, -0.15) is 0 Å². The molecule has 2 N–H and O–H groups in total. The molecule has 1 aliphatic rings. The number of rotatable bonds is 8. The Morgan fingerprint density at radius 1 is 0.970 bits per heavy atom. The van der Waals surface area contributed by atoms with Crippen molar-refractivity contribution in [2.75, 3.05) is 36.5 Å². The molecule has 1 heterocycles. The number of carbonyl (C=O) groups is 3. The summed E-state index contributed by atoms with van der Waals surface area (Å²) in [6.45, 7) is 0.385. The fourth-order valence-corrected chi connectivity index (χ4v) is 3.35. The molecule has 0 radical (unpaired) electrons. The molecule has 3 aromatic carbocycles. The topological polar surface area (TPSA) is 97.0 Å². The molecule has 168 valence electrons. The number of benzene rings is 3. The number of hydrogen-bond donors (Lipinski definition) is 2. The van der Waals surface area contributed by atoms with Crippen LogP contribution in [0, 0.1) is 0 Å². The first-order valence-electron chi connectivity index (χ1n) is 10.5. The summed E-state index contributed by atoms with van der Waals surface area (Å²) in [7, 11) is 0. The second-order valence-electron chi connectivity index (χ2n) is 7.27. The van der Waals surface area contributed by atoms with Crippen LogP contribution in [0.3, 0.4) is 0 Å². The van der Waals surface area contributed by atoms with E-state index in [9.17, 15) is 14.4 Å². The molecule has 0 bridgehead atoms. The number of para-hydroxylation sites is 1. The molecule has 0 saturated heterocycles. The van der Waals surface area contributed by atoms with Gasteiger partial charge >= 0.3 is 0 Å². The number of ether oxygens (including phenoxy) is 2. The molecule has 33 heavy (non-hydrogen) atoms. The SMILES string of the molecule is O=C(CNC(=O)c1ccccc1)Nc1ccc2c(c1)N(CCOc1ccccc1)C(=O)CO2. The lowest BCUT2D eigenvalue weighted by atomic mass is 10.2. The van der Waals surface area contributed by atoms with Crippen LogP contribution < -0.4 is 25.0 Å². The molecule has 0 aliphatic carbocycles. The largest absolute Gasteiger partial charge is 0.492 e. The van der Waals surface area contributed by atoms with Crippen LogP contribution in [-0.2, 0) is 9.59 Å². The van der Waals surface area contributed by atoms with Gasteiger partial charge in [-0.15, -0.1) is 0 Å². The highest BCUT2D eigenvalue weighted by Gasteiger charge is 2.26. The van der Waals surface area contributed by atoms with E-state index in [0.29, 0.717) is 35.8 Å². The van der Waals surface area contributed by atoms with Crippen LogP contribution >= 0.6 is 0 Å². The van der Waals surface area contributed by atoms with E-state index in [1.54, 1.807) is 47.4 Å². The minimum atomic E-state index is -0.388. The van der Waals surface area contributed by atoms with Gasteiger partial charge in [-0.1, -0.05) is 36.4 Å². The Kier molecular flexibility index (Phi) is 6.84. The van der Waals surface area contributed by atoms with E-state index < -0.39 is 0 Å². The summed E-state index contributed by atoms with van der Waals surface area (Å²) in [5.74, 6) is 0.348. The lowest BCUT2D eigenvalue weighted by Crippen LogP contribution is -2.41. The highest BCUT2D eigenvalue weighted by Crippen LogP contribution is 2.34. The molecule has 0 fully saturated rings. The molecule has 3 amide bonds. The Morgan fingerprint density at radius 3 is 2.45 bits per heavy atom. The second-order valence-corrected chi connectivity index (χ2v) is 7.27. The summed E-state index contributed by atoms with van der Waals surface area (Å²) >= 11 is 0. The van der Waals surface area contributed by atoms with Gasteiger partial charge in [0.1, 0.15) is 18.1 Å². The molecule has 0 atom stereocenters. The minimum Gasteiger partial charge on any atom is -0.492 e. The summed E-state index contributed by atoms with van der Waals surface area (Å²) in [6.07, 6.45) is 0. The Morgan fingerprint density at radius 2 is 1.70 bits per heavy atom. The number of nitrogens with zero attached hydrogens (tertiary/aromatic N) is 1. The Bertz CT molecular complexity index is 1140. The fraction of sp³-hybridized carbons (Fsp3) is 0.160. The second kappa shape index (κ2) is 10.3. The van der Waals surface area contributed by atoms with E-state index in [2.05, 4.69) is 10.6 Å². The van der Waals surface area contributed by atoms with E-state index in [0.717, 1.165) is 5.75 Å². The maximum Gasteiger partial charge on any atom is 0.265 e. The van der Waals surface area contributed by atoms with Crippen molar-refractivity contribution in [3.63, 3.8) is 0 Å². The number of amides is 3.